The van der Waals surface area contributed by atoms with Gasteiger partial charge in [-0.15, -0.1) is 0 Å². The van der Waals surface area contributed by atoms with E-state index >= 15 is 0 Å². The predicted molar refractivity (Wildman–Crippen MR) is 118 cm³/mol. The van der Waals surface area contributed by atoms with Gasteiger partial charge in [0.25, 0.3) is 5.91 Å². The van der Waals surface area contributed by atoms with Gasteiger partial charge >= 0.3 is 0 Å². The molecule has 0 bridgehead atoms. The molecule has 0 unspecified atom stereocenters. The molecular formula is C23H24N6O2. The average molecular weight is 416 g/mol. The van der Waals surface area contributed by atoms with Gasteiger partial charge in [0.05, 0.1) is 0 Å². The predicted octanol–water partition coefficient (Wildman–Crippen LogP) is 3.53. The third kappa shape index (κ3) is 4.23. The number of nitrogens with zero attached hydrogens (tertiary/aromatic N) is 3. The first-order valence-electron chi connectivity index (χ1n) is 10.2. The van der Waals surface area contributed by atoms with Crippen LogP contribution in [0, 0.1) is 13.8 Å². The van der Waals surface area contributed by atoms with E-state index in [2.05, 4.69) is 30.5 Å². The fourth-order valence-corrected chi connectivity index (χ4v) is 3.39. The van der Waals surface area contributed by atoms with E-state index in [4.69, 9.17) is 0 Å². The van der Waals surface area contributed by atoms with Crippen molar-refractivity contribution < 1.29 is 9.59 Å². The zero-order valence-corrected chi connectivity index (χ0v) is 17.7. The van der Waals surface area contributed by atoms with E-state index in [0.29, 0.717) is 23.6 Å². The Balaban J connectivity index is 1.57. The van der Waals surface area contributed by atoms with Gasteiger partial charge in [-0.25, -0.2) is 4.98 Å². The third-order valence-corrected chi connectivity index (χ3v) is 5.25. The normalized spacial score (nSPS) is 11.1. The summed E-state index contributed by atoms with van der Waals surface area (Å²) >= 11 is 0. The van der Waals surface area contributed by atoms with Crippen molar-refractivity contribution in [3.63, 3.8) is 0 Å². The number of carbonyl (C=O) groups is 2. The molecule has 158 valence electrons. The van der Waals surface area contributed by atoms with Gasteiger partial charge in [-0.05, 0) is 50.1 Å². The van der Waals surface area contributed by atoms with Crippen LogP contribution >= 0.6 is 0 Å². The lowest BCUT2D eigenvalue weighted by atomic mass is 10.0. The van der Waals surface area contributed by atoms with Crippen LogP contribution in [0.3, 0.4) is 0 Å². The number of carbonyl (C=O) groups excluding carboxylic acids is 2. The Bertz CT molecular complexity index is 1270. The largest absolute Gasteiger partial charge is 0.351 e. The molecule has 8 nitrogen and oxygen atoms in total. The minimum Gasteiger partial charge on any atom is -0.351 e. The van der Waals surface area contributed by atoms with E-state index in [-0.39, 0.29) is 18.1 Å². The minimum atomic E-state index is -0.192. The van der Waals surface area contributed by atoms with E-state index in [0.717, 1.165) is 39.9 Å². The second kappa shape index (κ2) is 8.51. The van der Waals surface area contributed by atoms with Crippen LogP contribution in [0.25, 0.3) is 22.3 Å². The molecular weight excluding hydrogens is 392 g/mol. The fourth-order valence-electron chi connectivity index (χ4n) is 3.39. The molecule has 0 aromatic carbocycles. The summed E-state index contributed by atoms with van der Waals surface area (Å²) in [5.41, 5.74) is 5.81. The highest BCUT2D eigenvalue weighted by atomic mass is 16.1. The molecule has 0 atom stereocenters. The summed E-state index contributed by atoms with van der Waals surface area (Å²) in [4.78, 5) is 36.7. The maximum Gasteiger partial charge on any atom is 0.269 e. The Labute approximate surface area is 179 Å². The van der Waals surface area contributed by atoms with Gasteiger partial charge in [0.1, 0.15) is 17.0 Å². The van der Waals surface area contributed by atoms with Crippen molar-refractivity contribution in [2.45, 2.75) is 33.6 Å². The van der Waals surface area contributed by atoms with Crippen LogP contribution in [-0.2, 0) is 6.42 Å². The topological polar surface area (TPSA) is 116 Å². The molecule has 0 fully saturated rings. The molecule has 1 amide bonds. The third-order valence-electron chi connectivity index (χ3n) is 5.25. The summed E-state index contributed by atoms with van der Waals surface area (Å²) in [6, 6.07) is 7.51. The lowest BCUT2D eigenvalue weighted by Crippen LogP contribution is -2.24. The molecule has 8 heteroatoms. The molecule has 4 heterocycles. The Morgan fingerprint density at radius 1 is 1.13 bits per heavy atom. The number of nitrogens with one attached hydrogen (secondary N) is 3. The number of aromatic amines is 2. The van der Waals surface area contributed by atoms with Gasteiger partial charge in [-0.3, -0.25) is 19.7 Å². The molecule has 3 N–H and O–H groups in total. The first-order valence-corrected chi connectivity index (χ1v) is 10.2. The van der Waals surface area contributed by atoms with E-state index in [1.54, 1.807) is 18.5 Å². The minimum absolute atomic E-state index is 0.0457. The number of rotatable bonds is 7. The van der Waals surface area contributed by atoms with E-state index in [9.17, 15) is 9.59 Å². The molecule has 4 aromatic heterocycles. The van der Waals surface area contributed by atoms with Crippen LogP contribution in [0.1, 0.15) is 51.1 Å². The summed E-state index contributed by atoms with van der Waals surface area (Å²) in [5.74, 6) is -0.238. The SMILES string of the molecule is CCCNC(=O)c1cc(-c2cc3cc(CC(=O)c4n[nH]c(C)c4C)cnc3[nH]2)ccn1. The lowest BCUT2D eigenvalue weighted by Gasteiger charge is -2.04. The maximum absolute atomic E-state index is 12.6. The second-order valence-electron chi connectivity index (χ2n) is 7.57. The summed E-state index contributed by atoms with van der Waals surface area (Å²) in [5, 5.41) is 10.7. The number of fused-ring (bicyclic) bond motifs is 1. The van der Waals surface area contributed by atoms with Gasteiger partial charge in [0.15, 0.2) is 5.78 Å². The maximum atomic E-state index is 12.6. The first kappa shape index (κ1) is 20.5. The summed E-state index contributed by atoms with van der Waals surface area (Å²) < 4.78 is 0. The van der Waals surface area contributed by atoms with Gasteiger partial charge in [0.2, 0.25) is 0 Å². The molecule has 31 heavy (non-hydrogen) atoms. The van der Waals surface area contributed by atoms with Crippen molar-refractivity contribution in [1.29, 1.82) is 0 Å². The van der Waals surface area contributed by atoms with Crippen molar-refractivity contribution in [1.82, 2.24) is 30.5 Å². The van der Waals surface area contributed by atoms with Crippen molar-refractivity contribution in [2.24, 2.45) is 0 Å². The number of pyridine rings is 2. The second-order valence-corrected chi connectivity index (χ2v) is 7.57. The highest BCUT2D eigenvalue weighted by Gasteiger charge is 2.16. The number of H-pyrrole nitrogens is 2. The Kier molecular flexibility index (Phi) is 5.62. The molecule has 0 saturated carbocycles. The number of aryl methyl sites for hydroxylation is 1. The Hall–Kier alpha value is -3.81. The van der Waals surface area contributed by atoms with E-state index in [1.807, 2.05) is 39.0 Å². The highest BCUT2D eigenvalue weighted by molar-refractivity contribution is 5.97. The van der Waals surface area contributed by atoms with Crippen molar-refractivity contribution in [2.75, 3.05) is 6.54 Å². The number of hydrogen-bond acceptors (Lipinski definition) is 5. The quantitative estimate of drug-likeness (QED) is 0.399. The molecule has 0 saturated heterocycles. The molecule has 0 aliphatic rings. The van der Waals surface area contributed by atoms with Crippen molar-refractivity contribution in [3.8, 4) is 11.3 Å². The lowest BCUT2D eigenvalue weighted by molar-refractivity contribution is 0.0947. The number of ketones is 1. The van der Waals surface area contributed by atoms with Crippen molar-refractivity contribution >= 4 is 22.7 Å². The summed E-state index contributed by atoms with van der Waals surface area (Å²) in [6.07, 6.45) is 4.41. The number of hydrogen-bond donors (Lipinski definition) is 3. The molecule has 0 aliphatic carbocycles. The van der Waals surface area contributed by atoms with Gasteiger partial charge < -0.3 is 10.3 Å². The molecule has 0 radical (unpaired) electrons. The standard InChI is InChI=1S/C23H24N6O2/c1-4-6-25-23(31)19-10-16(5-7-24-19)18-11-17-8-15(12-26-22(17)27-18)9-20(30)21-13(2)14(3)28-29-21/h5,7-8,10-12H,4,6,9H2,1-3H3,(H,25,31)(H,26,27)(H,28,29). The fraction of sp³-hybridized carbons (Fsp3) is 0.261. The molecule has 4 rings (SSSR count). The van der Waals surface area contributed by atoms with E-state index < -0.39 is 0 Å². The number of aromatic nitrogens is 5. The van der Waals surface area contributed by atoms with Crippen LogP contribution in [0.2, 0.25) is 0 Å². The van der Waals surface area contributed by atoms with Gasteiger partial charge in [-0.2, -0.15) is 5.10 Å². The monoisotopic (exact) mass is 416 g/mol. The summed E-state index contributed by atoms with van der Waals surface area (Å²) in [6.45, 7) is 6.39. The Morgan fingerprint density at radius 2 is 1.97 bits per heavy atom. The average Bonchev–Trinajstić information content (AvgIpc) is 3.35. The Morgan fingerprint density at radius 3 is 2.71 bits per heavy atom. The van der Waals surface area contributed by atoms with E-state index in [1.165, 1.54) is 0 Å². The van der Waals surface area contributed by atoms with Crippen LogP contribution in [0.15, 0.2) is 36.7 Å². The number of Topliss-reactive ketones (excluding diaryl/α,β-unsaturated/α-hetero) is 1. The van der Waals surface area contributed by atoms with Crippen molar-refractivity contribution in [3.05, 3.63) is 64.9 Å². The van der Waals surface area contributed by atoms with Crippen LogP contribution in [-0.4, -0.2) is 43.4 Å². The highest BCUT2D eigenvalue weighted by Crippen LogP contribution is 2.24. The number of amides is 1. The zero-order chi connectivity index (χ0) is 22.0. The van der Waals surface area contributed by atoms with Crippen LogP contribution in [0.4, 0.5) is 0 Å². The molecule has 0 spiro atoms. The van der Waals surface area contributed by atoms with Gasteiger partial charge in [-0.1, -0.05) is 6.92 Å². The van der Waals surface area contributed by atoms with Crippen LogP contribution in [0.5, 0.6) is 0 Å². The summed E-state index contributed by atoms with van der Waals surface area (Å²) in [7, 11) is 0. The van der Waals surface area contributed by atoms with Crippen LogP contribution < -0.4 is 5.32 Å². The first-order chi connectivity index (χ1) is 15.0. The molecule has 0 aliphatic heterocycles. The smallest absolute Gasteiger partial charge is 0.269 e. The van der Waals surface area contributed by atoms with Gasteiger partial charge in [0, 0.05) is 53.3 Å². The molecule has 4 aromatic rings. The zero-order valence-electron chi connectivity index (χ0n) is 17.7.